The van der Waals surface area contributed by atoms with E-state index in [0.717, 1.165) is 19.6 Å². The highest BCUT2D eigenvalue weighted by Crippen LogP contribution is 2.61. The summed E-state index contributed by atoms with van der Waals surface area (Å²) < 4.78 is 14.0. The number of nitrogens with zero attached hydrogens (tertiary/aromatic N) is 4. The third-order valence-electron chi connectivity index (χ3n) is 6.83. The molecule has 0 amide bonds. The van der Waals surface area contributed by atoms with Gasteiger partial charge < -0.3 is 0 Å². The van der Waals surface area contributed by atoms with E-state index in [1.165, 1.54) is 116 Å². The van der Waals surface area contributed by atoms with Gasteiger partial charge in [0, 0.05) is 45.8 Å². The second-order valence-corrected chi connectivity index (χ2v) is 12.1. The second kappa shape index (κ2) is 18.5. The molecule has 0 atom stereocenters. The molecule has 2 heterocycles. The molecular formula is C26H57N4P. The van der Waals surface area contributed by atoms with Gasteiger partial charge in [-0.2, -0.15) is 0 Å². The van der Waals surface area contributed by atoms with Crippen LogP contribution in [-0.2, 0) is 0 Å². The Morgan fingerprint density at radius 3 is 1.39 bits per heavy atom. The lowest BCUT2D eigenvalue weighted by Crippen LogP contribution is -2.39. The molecule has 0 N–H and O–H groups in total. The molecule has 0 aromatic rings. The van der Waals surface area contributed by atoms with Crippen LogP contribution in [0, 0.1) is 0 Å². The molecule has 0 aromatic carbocycles. The number of hydrogen-bond acceptors (Lipinski definition) is 1. The van der Waals surface area contributed by atoms with Crippen molar-refractivity contribution in [3.05, 3.63) is 0 Å². The Balaban J connectivity index is 0.00000233. The van der Waals surface area contributed by atoms with E-state index < -0.39 is 7.51 Å². The van der Waals surface area contributed by atoms with Crippen molar-refractivity contribution in [3.8, 4) is 0 Å². The molecule has 2 fully saturated rings. The molecule has 4 nitrogen and oxygen atoms in total. The van der Waals surface area contributed by atoms with Gasteiger partial charge in [-0.25, -0.2) is 14.0 Å². The zero-order valence-electron chi connectivity index (χ0n) is 22.1. The first kappa shape index (κ1) is 29.1. The van der Waals surface area contributed by atoms with Crippen molar-refractivity contribution in [3.63, 3.8) is 0 Å². The van der Waals surface area contributed by atoms with E-state index in [1.54, 1.807) is 0 Å². The third-order valence-corrected chi connectivity index (χ3v) is 11.1. The maximum atomic E-state index is 5.62. The van der Waals surface area contributed by atoms with Crippen LogP contribution in [0.3, 0.4) is 0 Å². The van der Waals surface area contributed by atoms with Crippen LogP contribution in [0.4, 0.5) is 0 Å². The molecule has 0 spiro atoms. The summed E-state index contributed by atoms with van der Waals surface area (Å²) in [4.78, 5) is 0. The topological polar surface area (TPSA) is 22.1 Å². The Bertz CT molecular complexity index is 424. The Labute approximate surface area is 196 Å². The van der Waals surface area contributed by atoms with Gasteiger partial charge in [-0.05, 0) is 32.1 Å². The summed E-state index contributed by atoms with van der Waals surface area (Å²) >= 11 is 0. The van der Waals surface area contributed by atoms with Crippen LogP contribution in [0.15, 0.2) is 4.74 Å². The predicted octanol–water partition coefficient (Wildman–Crippen LogP) is 8.41. The third kappa shape index (κ3) is 9.48. The van der Waals surface area contributed by atoms with Crippen molar-refractivity contribution in [1.29, 1.82) is 0 Å². The first-order valence-corrected chi connectivity index (χ1v) is 15.7. The molecule has 0 radical (unpaired) electrons. The average Bonchev–Trinajstić information content (AvgIpc) is 3.53. The summed E-state index contributed by atoms with van der Waals surface area (Å²) in [5, 5.41) is 0. The minimum Gasteiger partial charge on any atom is -0.261 e. The van der Waals surface area contributed by atoms with Crippen LogP contribution >= 0.6 is 7.51 Å². The summed E-state index contributed by atoms with van der Waals surface area (Å²) in [5.41, 5.74) is 0. The van der Waals surface area contributed by atoms with Crippen molar-refractivity contribution in [2.75, 3.05) is 45.8 Å². The minimum atomic E-state index is -1.65. The van der Waals surface area contributed by atoms with Gasteiger partial charge >= 0.3 is 0 Å². The van der Waals surface area contributed by atoms with Crippen LogP contribution in [0.25, 0.3) is 0 Å². The monoisotopic (exact) mass is 456 g/mol. The molecule has 2 aliphatic heterocycles. The number of rotatable bonds is 16. The molecular weight excluding hydrogens is 399 g/mol. The summed E-state index contributed by atoms with van der Waals surface area (Å²) in [5.74, 6) is 0. The van der Waals surface area contributed by atoms with E-state index in [4.69, 9.17) is 4.74 Å². The van der Waals surface area contributed by atoms with E-state index in [1.807, 2.05) is 13.8 Å². The fraction of sp³-hybridized carbons (Fsp3) is 1.00. The molecule has 0 saturated carbocycles. The minimum absolute atomic E-state index is 1.08. The van der Waals surface area contributed by atoms with Gasteiger partial charge in [-0.1, -0.05) is 92.4 Å². The van der Waals surface area contributed by atoms with Crippen LogP contribution < -0.4 is 0 Å². The zero-order chi connectivity index (χ0) is 22.8. The molecule has 186 valence electrons. The van der Waals surface area contributed by atoms with E-state index in [-0.39, 0.29) is 0 Å². The van der Waals surface area contributed by atoms with Crippen molar-refractivity contribution in [2.45, 2.75) is 125 Å². The lowest BCUT2D eigenvalue weighted by atomic mass is 10.1. The number of hydrogen-bond donors (Lipinski definition) is 0. The van der Waals surface area contributed by atoms with E-state index >= 15 is 0 Å². The molecule has 2 saturated heterocycles. The molecule has 2 rings (SSSR count). The van der Waals surface area contributed by atoms with Crippen molar-refractivity contribution < 1.29 is 0 Å². The molecule has 0 aliphatic carbocycles. The first-order chi connectivity index (χ1) is 15.3. The van der Waals surface area contributed by atoms with E-state index in [9.17, 15) is 0 Å². The maximum absolute atomic E-state index is 5.62. The van der Waals surface area contributed by atoms with Gasteiger partial charge in [0.1, 0.15) is 0 Å². The van der Waals surface area contributed by atoms with Gasteiger partial charge in [0.2, 0.25) is 0 Å². The van der Waals surface area contributed by atoms with Crippen LogP contribution in [-0.4, -0.2) is 59.8 Å². The molecule has 2 aliphatic rings. The summed E-state index contributed by atoms with van der Waals surface area (Å²) in [6.07, 6.45) is 19.5. The van der Waals surface area contributed by atoms with E-state index in [2.05, 4.69) is 34.8 Å². The van der Waals surface area contributed by atoms with Crippen LogP contribution in [0.5, 0.6) is 0 Å². The smallest absolute Gasteiger partial charge is 0.167 e. The van der Waals surface area contributed by atoms with Gasteiger partial charge in [0.15, 0.2) is 7.51 Å². The Morgan fingerprint density at radius 1 is 0.613 bits per heavy atom. The summed E-state index contributed by atoms with van der Waals surface area (Å²) in [6.45, 7) is 19.4. The normalized spacial score (nSPS) is 17.9. The SMILES string of the molecule is CC.CCCCCCCCCCCCN=P(N(CC)CC)(N1CCCC1)N1CCCC1. The molecule has 31 heavy (non-hydrogen) atoms. The lowest BCUT2D eigenvalue weighted by Gasteiger charge is -2.46. The molecule has 0 bridgehead atoms. The Morgan fingerprint density at radius 2 is 1.00 bits per heavy atom. The van der Waals surface area contributed by atoms with Crippen molar-refractivity contribution >= 4 is 7.51 Å². The zero-order valence-corrected chi connectivity index (χ0v) is 23.0. The molecule has 5 heteroatoms. The van der Waals surface area contributed by atoms with Crippen molar-refractivity contribution in [1.82, 2.24) is 14.0 Å². The second-order valence-electron chi connectivity index (χ2n) is 9.04. The highest BCUT2D eigenvalue weighted by Gasteiger charge is 2.40. The summed E-state index contributed by atoms with van der Waals surface area (Å²) in [7, 11) is -1.65. The predicted molar refractivity (Wildman–Crippen MR) is 142 cm³/mol. The fourth-order valence-corrected chi connectivity index (χ4v) is 9.57. The number of unbranched alkanes of at least 4 members (excludes halogenated alkanes) is 9. The Hall–Kier alpha value is 0.110. The van der Waals surface area contributed by atoms with Crippen LogP contribution in [0.1, 0.15) is 125 Å². The summed E-state index contributed by atoms with van der Waals surface area (Å²) in [6, 6.07) is 0. The quantitative estimate of drug-likeness (QED) is 0.172. The van der Waals surface area contributed by atoms with Gasteiger partial charge in [-0.15, -0.1) is 0 Å². The molecule has 0 aromatic heterocycles. The lowest BCUT2D eigenvalue weighted by molar-refractivity contribution is 0.364. The average molecular weight is 457 g/mol. The highest BCUT2D eigenvalue weighted by molar-refractivity contribution is 7.59. The molecule has 0 unspecified atom stereocenters. The standard InChI is InChI=1S/C24H51N4P.C2H6/c1-4-7-8-9-10-11-12-13-14-15-20-25-29(26(5-2)6-3,27-21-16-17-22-27)28-23-18-19-24-28;1-2/h4-24H2,1-3H3;1-2H3. The maximum Gasteiger partial charge on any atom is 0.167 e. The first-order valence-electron chi connectivity index (χ1n) is 14.1. The van der Waals surface area contributed by atoms with Crippen LogP contribution in [0.2, 0.25) is 0 Å². The fourth-order valence-electron chi connectivity index (χ4n) is 5.15. The van der Waals surface area contributed by atoms with Gasteiger partial charge in [0.25, 0.3) is 0 Å². The highest BCUT2D eigenvalue weighted by atomic mass is 31.2. The Kier molecular flexibility index (Phi) is 17.4. The van der Waals surface area contributed by atoms with Gasteiger partial charge in [-0.3, -0.25) is 4.74 Å². The van der Waals surface area contributed by atoms with E-state index in [0.29, 0.717) is 0 Å². The van der Waals surface area contributed by atoms with Gasteiger partial charge in [0.05, 0.1) is 0 Å². The largest absolute Gasteiger partial charge is 0.261 e. The van der Waals surface area contributed by atoms with Crippen molar-refractivity contribution in [2.24, 2.45) is 4.74 Å².